The molecule has 29 heavy (non-hydrogen) atoms. The molecule has 2 rings (SSSR count). The van der Waals surface area contributed by atoms with Crippen molar-refractivity contribution in [1.82, 2.24) is 4.90 Å². The lowest BCUT2D eigenvalue weighted by Gasteiger charge is -2.26. The van der Waals surface area contributed by atoms with Crippen LogP contribution in [0.1, 0.15) is 24.4 Å². The lowest BCUT2D eigenvalue weighted by atomic mass is 10.0. The van der Waals surface area contributed by atoms with Crippen LogP contribution in [0.2, 0.25) is 0 Å². The van der Waals surface area contributed by atoms with Crippen LogP contribution in [-0.4, -0.2) is 45.0 Å². The molecule has 2 aromatic carbocycles. The number of hydrogen-bond donors (Lipinski definition) is 1. The van der Waals surface area contributed by atoms with E-state index in [1.54, 1.807) is 0 Å². The standard InChI is InChI=1S/C20H23FN2O5S/c1-23(19(20(22)25)14-5-3-6-15(21)13-14)18(24)7-4-12-28-16-8-10-17(11-9-16)29(2,26)27/h3,5-6,8-11,13,19H,4,7,12H2,1-2H3,(H2,22,25). The van der Waals surface area contributed by atoms with Crippen LogP contribution in [0, 0.1) is 5.82 Å². The van der Waals surface area contributed by atoms with Crippen molar-refractivity contribution in [3.05, 3.63) is 59.9 Å². The summed E-state index contributed by atoms with van der Waals surface area (Å²) >= 11 is 0. The van der Waals surface area contributed by atoms with Gasteiger partial charge in [0, 0.05) is 19.7 Å². The number of nitrogens with zero attached hydrogens (tertiary/aromatic N) is 1. The van der Waals surface area contributed by atoms with Gasteiger partial charge in [-0.2, -0.15) is 0 Å². The van der Waals surface area contributed by atoms with Gasteiger partial charge in [0.25, 0.3) is 0 Å². The van der Waals surface area contributed by atoms with Crippen molar-refractivity contribution in [2.45, 2.75) is 23.8 Å². The highest BCUT2D eigenvalue weighted by atomic mass is 32.2. The molecule has 2 amide bonds. The second-order valence-corrected chi connectivity index (χ2v) is 8.58. The number of likely N-dealkylation sites (N-methyl/N-ethyl adjacent to an activating group) is 1. The van der Waals surface area contributed by atoms with E-state index in [-0.39, 0.29) is 23.8 Å². The van der Waals surface area contributed by atoms with Gasteiger partial charge < -0.3 is 15.4 Å². The molecule has 0 radical (unpaired) electrons. The van der Waals surface area contributed by atoms with E-state index in [0.717, 1.165) is 6.26 Å². The number of halogens is 1. The molecule has 0 saturated carbocycles. The fourth-order valence-electron chi connectivity index (χ4n) is 2.77. The lowest BCUT2D eigenvalue weighted by Crippen LogP contribution is -2.39. The van der Waals surface area contributed by atoms with Crippen LogP contribution < -0.4 is 10.5 Å². The Morgan fingerprint density at radius 2 is 1.83 bits per heavy atom. The number of amides is 2. The van der Waals surface area contributed by atoms with E-state index in [1.807, 2.05) is 0 Å². The second kappa shape index (κ2) is 9.51. The Morgan fingerprint density at radius 1 is 1.17 bits per heavy atom. The van der Waals surface area contributed by atoms with Gasteiger partial charge >= 0.3 is 0 Å². The highest BCUT2D eigenvalue weighted by Gasteiger charge is 2.26. The highest BCUT2D eigenvalue weighted by Crippen LogP contribution is 2.21. The van der Waals surface area contributed by atoms with Gasteiger partial charge in [-0.25, -0.2) is 12.8 Å². The van der Waals surface area contributed by atoms with Crippen LogP contribution in [-0.2, 0) is 19.4 Å². The first-order chi connectivity index (χ1) is 13.6. The van der Waals surface area contributed by atoms with Gasteiger partial charge in [-0.15, -0.1) is 0 Å². The number of nitrogens with two attached hydrogens (primary N) is 1. The molecule has 0 spiro atoms. The van der Waals surface area contributed by atoms with Crippen molar-refractivity contribution in [2.24, 2.45) is 5.73 Å². The first kappa shape index (κ1) is 22.4. The molecule has 0 saturated heterocycles. The molecule has 0 fully saturated rings. The summed E-state index contributed by atoms with van der Waals surface area (Å²) in [5.74, 6) is -1.14. The maximum absolute atomic E-state index is 13.4. The number of rotatable bonds is 9. The van der Waals surface area contributed by atoms with Crippen LogP contribution in [0.4, 0.5) is 4.39 Å². The first-order valence-electron chi connectivity index (χ1n) is 8.83. The number of primary amides is 1. The average Bonchev–Trinajstić information content (AvgIpc) is 2.64. The summed E-state index contributed by atoms with van der Waals surface area (Å²) in [5.41, 5.74) is 5.71. The minimum absolute atomic E-state index is 0.0943. The maximum Gasteiger partial charge on any atom is 0.244 e. The summed E-state index contributed by atoms with van der Waals surface area (Å²) in [4.78, 5) is 25.6. The molecule has 2 N–H and O–H groups in total. The predicted molar refractivity (Wildman–Crippen MR) is 105 cm³/mol. The summed E-state index contributed by atoms with van der Waals surface area (Å²) in [5, 5.41) is 0. The number of ether oxygens (including phenoxy) is 1. The molecular weight excluding hydrogens is 399 g/mol. The van der Waals surface area contributed by atoms with Gasteiger partial charge in [-0.3, -0.25) is 9.59 Å². The van der Waals surface area contributed by atoms with Crippen LogP contribution in [0.3, 0.4) is 0 Å². The largest absolute Gasteiger partial charge is 0.494 e. The number of hydrogen-bond acceptors (Lipinski definition) is 5. The van der Waals surface area contributed by atoms with E-state index in [9.17, 15) is 22.4 Å². The van der Waals surface area contributed by atoms with E-state index in [4.69, 9.17) is 10.5 Å². The zero-order valence-corrected chi connectivity index (χ0v) is 17.0. The second-order valence-electron chi connectivity index (χ2n) is 6.56. The molecule has 0 aliphatic carbocycles. The Labute approximate surface area is 169 Å². The SMILES string of the molecule is CN(C(=O)CCCOc1ccc(S(C)(=O)=O)cc1)C(C(N)=O)c1cccc(F)c1. The molecule has 156 valence electrons. The van der Waals surface area contributed by atoms with Crippen molar-refractivity contribution in [1.29, 1.82) is 0 Å². The summed E-state index contributed by atoms with van der Waals surface area (Å²) in [6.07, 6.45) is 1.58. The predicted octanol–water partition coefficient (Wildman–Crippen LogP) is 2.07. The van der Waals surface area contributed by atoms with Crippen molar-refractivity contribution >= 4 is 21.7 Å². The van der Waals surface area contributed by atoms with Gasteiger partial charge in [-0.1, -0.05) is 12.1 Å². The van der Waals surface area contributed by atoms with E-state index in [1.165, 1.54) is 60.5 Å². The molecule has 0 aromatic heterocycles. The van der Waals surface area contributed by atoms with E-state index < -0.39 is 27.6 Å². The third-order valence-electron chi connectivity index (χ3n) is 4.27. The molecule has 2 aromatic rings. The molecule has 0 bridgehead atoms. The topological polar surface area (TPSA) is 107 Å². The van der Waals surface area contributed by atoms with Gasteiger partial charge in [0.15, 0.2) is 9.84 Å². The van der Waals surface area contributed by atoms with E-state index in [0.29, 0.717) is 17.7 Å². The monoisotopic (exact) mass is 422 g/mol. The van der Waals surface area contributed by atoms with Gasteiger partial charge in [0.05, 0.1) is 11.5 Å². The number of carbonyl (C=O) groups excluding carboxylic acids is 2. The number of sulfone groups is 1. The van der Waals surface area contributed by atoms with Crippen LogP contribution >= 0.6 is 0 Å². The first-order valence-corrected chi connectivity index (χ1v) is 10.7. The third-order valence-corrected chi connectivity index (χ3v) is 5.40. The quantitative estimate of drug-likeness (QED) is 0.623. The molecular formula is C20H23FN2O5S. The Balaban J connectivity index is 1.90. The highest BCUT2D eigenvalue weighted by molar-refractivity contribution is 7.90. The van der Waals surface area contributed by atoms with Crippen LogP contribution in [0.5, 0.6) is 5.75 Å². The summed E-state index contributed by atoms with van der Waals surface area (Å²) in [7, 11) is -1.84. The van der Waals surface area contributed by atoms with Crippen molar-refractivity contribution in [2.75, 3.05) is 19.9 Å². The minimum Gasteiger partial charge on any atom is -0.494 e. The zero-order valence-electron chi connectivity index (χ0n) is 16.2. The Hall–Kier alpha value is -2.94. The van der Waals surface area contributed by atoms with Crippen molar-refractivity contribution in [3.63, 3.8) is 0 Å². The van der Waals surface area contributed by atoms with E-state index >= 15 is 0 Å². The van der Waals surface area contributed by atoms with Crippen molar-refractivity contribution < 1.29 is 27.1 Å². The fourth-order valence-corrected chi connectivity index (χ4v) is 3.40. The average molecular weight is 422 g/mol. The summed E-state index contributed by atoms with van der Waals surface area (Å²) < 4.78 is 41.8. The fraction of sp³-hybridized carbons (Fsp3) is 0.300. The maximum atomic E-state index is 13.4. The molecule has 1 unspecified atom stereocenters. The number of benzene rings is 2. The Kier molecular flexibility index (Phi) is 7.33. The molecule has 7 nitrogen and oxygen atoms in total. The molecule has 9 heteroatoms. The molecule has 0 aliphatic heterocycles. The van der Waals surface area contributed by atoms with Gasteiger partial charge in [0.2, 0.25) is 11.8 Å². The third kappa shape index (κ3) is 6.28. The van der Waals surface area contributed by atoms with Crippen molar-refractivity contribution in [3.8, 4) is 5.75 Å². The number of carbonyl (C=O) groups is 2. The summed E-state index contributed by atoms with van der Waals surface area (Å²) in [6, 6.07) is 10.3. The smallest absolute Gasteiger partial charge is 0.244 e. The zero-order chi connectivity index (χ0) is 21.6. The van der Waals surface area contributed by atoms with Crippen LogP contribution in [0.15, 0.2) is 53.4 Å². The van der Waals surface area contributed by atoms with Gasteiger partial charge in [-0.05, 0) is 48.4 Å². The Bertz CT molecular complexity index is 977. The normalized spacial score (nSPS) is 12.2. The van der Waals surface area contributed by atoms with Crippen LogP contribution in [0.25, 0.3) is 0 Å². The van der Waals surface area contributed by atoms with Gasteiger partial charge in [0.1, 0.15) is 17.6 Å². The Morgan fingerprint density at radius 3 is 2.38 bits per heavy atom. The molecule has 1 atom stereocenters. The molecule has 0 heterocycles. The minimum atomic E-state index is -3.27. The summed E-state index contributed by atoms with van der Waals surface area (Å²) in [6.45, 7) is 0.221. The lowest BCUT2D eigenvalue weighted by molar-refractivity contribution is -0.138. The molecule has 0 aliphatic rings. The van der Waals surface area contributed by atoms with E-state index in [2.05, 4.69) is 0 Å².